The Kier molecular flexibility index (Phi) is 6.35. The number of aliphatic carboxylic acids is 1. The SMILES string of the molecule is O=C(O)C=Cc1cnc(N[C@@H]2CCN(CCc3ccc(Br)cc3)C2)cn1. The Balaban J connectivity index is 1.45. The molecule has 1 fully saturated rings. The molecular weight excluding hydrogens is 396 g/mol. The van der Waals surface area contributed by atoms with Gasteiger partial charge in [0, 0.05) is 36.2 Å². The third-order valence-corrected chi connectivity index (χ3v) is 4.85. The molecule has 1 atom stereocenters. The molecule has 1 aliphatic rings. The Morgan fingerprint density at radius 3 is 2.81 bits per heavy atom. The number of carboxylic acids is 1. The van der Waals surface area contributed by atoms with Gasteiger partial charge in [0.2, 0.25) is 0 Å². The number of hydrogen-bond acceptors (Lipinski definition) is 5. The number of benzene rings is 1. The summed E-state index contributed by atoms with van der Waals surface area (Å²) >= 11 is 3.46. The molecule has 136 valence electrons. The average molecular weight is 417 g/mol. The van der Waals surface area contributed by atoms with E-state index in [2.05, 4.69) is 60.4 Å². The molecule has 26 heavy (non-hydrogen) atoms. The number of anilines is 1. The normalized spacial score (nSPS) is 17.7. The number of rotatable bonds is 7. The average Bonchev–Trinajstić information content (AvgIpc) is 3.08. The van der Waals surface area contributed by atoms with Crippen molar-refractivity contribution in [2.24, 2.45) is 0 Å². The van der Waals surface area contributed by atoms with Crippen LogP contribution in [0.15, 0.2) is 47.2 Å². The maximum absolute atomic E-state index is 10.5. The van der Waals surface area contributed by atoms with Crippen molar-refractivity contribution >= 4 is 33.8 Å². The van der Waals surface area contributed by atoms with E-state index in [1.54, 1.807) is 12.4 Å². The van der Waals surface area contributed by atoms with Crippen molar-refractivity contribution < 1.29 is 9.90 Å². The molecule has 0 bridgehead atoms. The van der Waals surface area contributed by atoms with Gasteiger partial charge in [0.1, 0.15) is 5.82 Å². The molecular formula is C19H21BrN4O2. The van der Waals surface area contributed by atoms with Crippen molar-refractivity contribution in [3.8, 4) is 0 Å². The number of halogens is 1. The van der Waals surface area contributed by atoms with E-state index in [0.717, 1.165) is 48.8 Å². The van der Waals surface area contributed by atoms with Crippen LogP contribution in [-0.2, 0) is 11.2 Å². The second-order valence-corrected chi connectivity index (χ2v) is 7.22. The Morgan fingerprint density at radius 2 is 2.12 bits per heavy atom. The maximum atomic E-state index is 10.5. The molecule has 0 spiro atoms. The number of carbonyl (C=O) groups is 1. The molecule has 6 nitrogen and oxygen atoms in total. The van der Waals surface area contributed by atoms with Crippen LogP contribution in [0.5, 0.6) is 0 Å². The molecule has 0 saturated carbocycles. The van der Waals surface area contributed by atoms with Crippen molar-refractivity contribution in [2.75, 3.05) is 25.0 Å². The fourth-order valence-electron chi connectivity index (χ4n) is 2.96. The van der Waals surface area contributed by atoms with Gasteiger partial charge >= 0.3 is 5.97 Å². The van der Waals surface area contributed by atoms with Crippen LogP contribution in [0, 0.1) is 0 Å². The molecule has 2 aromatic rings. The summed E-state index contributed by atoms with van der Waals surface area (Å²) in [6, 6.07) is 8.84. The molecule has 1 aromatic heterocycles. The summed E-state index contributed by atoms with van der Waals surface area (Å²) in [5.74, 6) is -0.277. The highest BCUT2D eigenvalue weighted by molar-refractivity contribution is 9.10. The van der Waals surface area contributed by atoms with Crippen molar-refractivity contribution in [3.05, 3.63) is 58.5 Å². The van der Waals surface area contributed by atoms with Gasteiger partial charge in [0.25, 0.3) is 0 Å². The molecule has 1 saturated heterocycles. The molecule has 0 radical (unpaired) electrons. The zero-order chi connectivity index (χ0) is 18.4. The Morgan fingerprint density at radius 1 is 1.31 bits per heavy atom. The van der Waals surface area contributed by atoms with Crippen LogP contribution in [-0.4, -0.2) is 51.6 Å². The highest BCUT2D eigenvalue weighted by atomic mass is 79.9. The summed E-state index contributed by atoms with van der Waals surface area (Å²) in [4.78, 5) is 21.5. The van der Waals surface area contributed by atoms with E-state index >= 15 is 0 Å². The third-order valence-electron chi connectivity index (χ3n) is 4.32. The summed E-state index contributed by atoms with van der Waals surface area (Å²) in [6.45, 7) is 3.10. The summed E-state index contributed by atoms with van der Waals surface area (Å²) in [6.07, 6.45) is 7.82. The summed E-state index contributed by atoms with van der Waals surface area (Å²) in [7, 11) is 0. The zero-order valence-corrected chi connectivity index (χ0v) is 15.9. The smallest absolute Gasteiger partial charge is 0.328 e. The van der Waals surface area contributed by atoms with Gasteiger partial charge in [-0.05, 0) is 36.6 Å². The third kappa shape index (κ3) is 5.64. The van der Waals surface area contributed by atoms with E-state index in [1.165, 1.54) is 11.6 Å². The van der Waals surface area contributed by atoms with Crippen molar-refractivity contribution in [2.45, 2.75) is 18.9 Å². The van der Waals surface area contributed by atoms with Gasteiger partial charge in [-0.3, -0.25) is 4.98 Å². The standard InChI is InChI=1S/C19H21BrN4O2/c20-15-3-1-14(2-4-15)7-9-24-10-8-17(13-24)23-18-12-21-16(11-22-18)5-6-19(25)26/h1-6,11-12,17H,7-10,13H2,(H,22,23)(H,25,26)/t17-/m1/s1. The zero-order valence-electron chi connectivity index (χ0n) is 14.3. The second kappa shape index (κ2) is 8.91. The monoisotopic (exact) mass is 416 g/mol. The Labute approximate surface area is 161 Å². The molecule has 2 N–H and O–H groups in total. The summed E-state index contributed by atoms with van der Waals surface area (Å²) in [5.41, 5.74) is 1.88. The fourth-order valence-corrected chi connectivity index (χ4v) is 3.22. The molecule has 2 heterocycles. The molecule has 0 amide bonds. The number of nitrogens with one attached hydrogen (secondary N) is 1. The minimum atomic E-state index is -0.997. The highest BCUT2D eigenvalue weighted by Gasteiger charge is 2.22. The molecule has 3 rings (SSSR count). The van der Waals surface area contributed by atoms with Crippen molar-refractivity contribution in [1.29, 1.82) is 0 Å². The van der Waals surface area contributed by atoms with Gasteiger partial charge in [-0.2, -0.15) is 0 Å². The van der Waals surface area contributed by atoms with E-state index in [4.69, 9.17) is 5.11 Å². The fraction of sp³-hybridized carbons (Fsp3) is 0.316. The molecule has 7 heteroatoms. The van der Waals surface area contributed by atoms with E-state index < -0.39 is 5.97 Å². The van der Waals surface area contributed by atoms with Crippen LogP contribution in [0.4, 0.5) is 5.82 Å². The molecule has 0 aliphatic carbocycles. The van der Waals surface area contributed by atoms with Gasteiger partial charge in [0.15, 0.2) is 0 Å². The molecule has 1 aliphatic heterocycles. The van der Waals surface area contributed by atoms with Crippen LogP contribution < -0.4 is 5.32 Å². The molecule has 0 unspecified atom stereocenters. The van der Waals surface area contributed by atoms with Gasteiger partial charge in [-0.15, -0.1) is 0 Å². The minimum Gasteiger partial charge on any atom is -0.478 e. The first-order chi connectivity index (χ1) is 12.6. The van der Waals surface area contributed by atoms with Crippen molar-refractivity contribution in [1.82, 2.24) is 14.9 Å². The highest BCUT2D eigenvalue weighted by Crippen LogP contribution is 2.16. The van der Waals surface area contributed by atoms with Crippen LogP contribution in [0.2, 0.25) is 0 Å². The predicted molar refractivity (Wildman–Crippen MR) is 105 cm³/mol. The number of nitrogens with zero attached hydrogens (tertiary/aromatic N) is 3. The number of carboxylic acid groups (broad SMARTS) is 1. The van der Waals surface area contributed by atoms with Crippen LogP contribution in [0.1, 0.15) is 17.7 Å². The van der Waals surface area contributed by atoms with Crippen molar-refractivity contribution in [3.63, 3.8) is 0 Å². The van der Waals surface area contributed by atoms with E-state index in [9.17, 15) is 4.79 Å². The number of likely N-dealkylation sites (tertiary alicyclic amines) is 1. The Bertz CT molecular complexity index is 762. The van der Waals surface area contributed by atoms with Gasteiger partial charge < -0.3 is 15.3 Å². The largest absolute Gasteiger partial charge is 0.478 e. The Hall–Kier alpha value is -2.25. The van der Waals surface area contributed by atoms with Crippen LogP contribution >= 0.6 is 15.9 Å². The lowest BCUT2D eigenvalue weighted by atomic mass is 10.1. The van der Waals surface area contributed by atoms with E-state index in [0.29, 0.717) is 11.7 Å². The number of aromatic nitrogens is 2. The predicted octanol–water partition coefficient (Wildman–Crippen LogP) is 3.07. The summed E-state index contributed by atoms with van der Waals surface area (Å²) in [5, 5.41) is 12.0. The number of hydrogen-bond donors (Lipinski definition) is 2. The second-order valence-electron chi connectivity index (χ2n) is 6.31. The lowest BCUT2D eigenvalue weighted by Gasteiger charge is -2.17. The van der Waals surface area contributed by atoms with Gasteiger partial charge in [-0.1, -0.05) is 28.1 Å². The first-order valence-electron chi connectivity index (χ1n) is 8.55. The first-order valence-corrected chi connectivity index (χ1v) is 9.34. The van der Waals surface area contributed by atoms with E-state index in [1.807, 2.05) is 0 Å². The topological polar surface area (TPSA) is 78.3 Å². The van der Waals surface area contributed by atoms with Gasteiger partial charge in [-0.25, -0.2) is 9.78 Å². The summed E-state index contributed by atoms with van der Waals surface area (Å²) < 4.78 is 1.11. The van der Waals surface area contributed by atoms with Crippen LogP contribution in [0.3, 0.4) is 0 Å². The lowest BCUT2D eigenvalue weighted by molar-refractivity contribution is -0.131. The van der Waals surface area contributed by atoms with E-state index in [-0.39, 0.29) is 0 Å². The lowest BCUT2D eigenvalue weighted by Crippen LogP contribution is -2.28. The quantitative estimate of drug-likeness (QED) is 0.675. The minimum absolute atomic E-state index is 0.356. The molecule has 1 aromatic carbocycles. The van der Waals surface area contributed by atoms with Gasteiger partial charge in [0.05, 0.1) is 18.1 Å². The maximum Gasteiger partial charge on any atom is 0.328 e. The first kappa shape index (κ1) is 18.5. The van der Waals surface area contributed by atoms with Crippen LogP contribution in [0.25, 0.3) is 6.08 Å².